The van der Waals surface area contributed by atoms with Crippen molar-refractivity contribution in [3.63, 3.8) is 0 Å². The number of nitrogens with one attached hydrogen (secondary N) is 1. The monoisotopic (exact) mass is 266 g/mol. The predicted octanol–water partition coefficient (Wildman–Crippen LogP) is -1.02. The van der Waals surface area contributed by atoms with Crippen molar-refractivity contribution in [1.29, 1.82) is 0 Å². The number of morpholine rings is 1. The van der Waals surface area contributed by atoms with Gasteiger partial charge >= 0.3 is 5.69 Å². The van der Waals surface area contributed by atoms with Crippen LogP contribution in [0, 0.1) is 0 Å². The number of rotatable bonds is 2. The second-order valence-corrected chi connectivity index (χ2v) is 5.22. The van der Waals surface area contributed by atoms with E-state index < -0.39 is 11.2 Å². The fourth-order valence-electron chi connectivity index (χ4n) is 2.93. The minimum absolute atomic E-state index is 0.0553. The smallest absolute Gasteiger partial charge is 0.329 e. The van der Waals surface area contributed by atoms with Crippen LogP contribution in [0.4, 0.5) is 5.82 Å². The molecule has 0 spiro atoms. The minimum Gasteiger partial charge on any atom is -0.385 e. The Hall–Kier alpha value is -1.60. The van der Waals surface area contributed by atoms with Gasteiger partial charge in [0.1, 0.15) is 5.82 Å². The van der Waals surface area contributed by atoms with Crippen LogP contribution in [-0.4, -0.2) is 46.3 Å². The average Bonchev–Trinajstić information content (AvgIpc) is 2.81. The van der Waals surface area contributed by atoms with Crippen LogP contribution in [0.3, 0.4) is 0 Å². The van der Waals surface area contributed by atoms with Crippen molar-refractivity contribution in [2.75, 3.05) is 25.4 Å². The van der Waals surface area contributed by atoms with Crippen molar-refractivity contribution in [3.05, 3.63) is 26.9 Å². The summed E-state index contributed by atoms with van der Waals surface area (Å²) in [6, 6.07) is 1.75. The summed E-state index contributed by atoms with van der Waals surface area (Å²) in [6.07, 6.45) is 2.34. The first-order chi connectivity index (χ1) is 9.13. The van der Waals surface area contributed by atoms with Gasteiger partial charge in [0.25, 0.3) is 5.56 Å². The van der Waals surface area contributed by atoms with Gasteiger partial charge < -0.3 is 10.5 Å². The van der Waals surface area contributed by atoms with Gasteiger partial charge in [0.05, 0.1) is 19.3 Å². The zero-order valence-electron chi connectivity index (χ0n) is 10.7. The maximum absolute atomic E-state index is 11.7. The lowest BCUT2D eigenvalue weighted by molar-refractivity contribution is -0.0554. The Labute approximate surface area is 110 Å². The first-order valence-corrected chi connectivity index (χ1v) is 6.59. The third kappa shape index (κ3) is 2.43. The summed E-state index contributed by atoms with van der Waals surface area (Å²) in [5.41, 5.74) is 4.78. The fraction of sp³-hybridized carbons (Fsp3) is 0.667. The van der Waals surface area contributed by atoms with Gasteiger partial charge in [-0.3, -0.25) is 19.2 Å². The van der Waals surface area contributed by atoms with E-state index in [0.29, 0.717) is 19.2 Å². The highest BCUT2D eigenvalue weighted by molar-refractivity contribution is 5.26. The molecule has 104 valence electrons. The number of aromatic amines is 1. The summed E-state index contributed by atoms with van der Waals surface area (Å²) in [5, 5.41) is 0. The van der Waals surface area contributed by atoms with Crippen LogP contribution < -0.4 is 17.0 Å². The van der Waals surface area contributed by atoms with Crippen LogP contribution in [0.5, 0.6) is 0 Å². The molecule has 2 aliphatic heterocycles. The minimum atomic E-state index is -0.475. The number of hydrogen-bond acceptors (Lipinski definition) is 5. The molecule has 2 aliphatic rings. The Morgan fingerprint density at radius 1 is 1.47 bits per heavy atom. The van der Waals surface area contributed by atoms with Crippen LogP contribution in [-0.2, 0) is 11.3 Å². The van der Waals surface area contributed by atoms with Crippen LogP contribution >= 0.6 is 0 Å². The molecule has 0 bridgehead atoms. The molecule has 0 amide bonds. The number of fused-ring (bicyclic) bond motifs is 1. The Kier molecular flexibility index (Phi) is 3.16. The van der Waals surface area contributed by atoms with Gasteiger partial charge in [0.15, 0.2) is 0 Å². The highest BCUT2D eigenvalue weighted by atomic mass is 16.5. The van der Waals surface area contributed by atoms with Crippen molar-refractivity contribution in [1.82, 2.24) is 14.5 Å². The van der Waals surface area contributed by atoms with E-state index in [9.17, 15) is 9.59 Å². The molecule has 19 heavy (non-hydrogen) atoms. The normalized spacial score (nSPS) is 27.4. The lowest BCUT2D eigenvalue weighted by atomic mass is 10.2. The molecule has 3 rings (SSSR count). The maximum Gasteiger partial charge on any atom is 0.329 e. The van der Waals surface area contributed by atoms with Gasteiger partial charge in [-0.2, -0.15) is 0 Å². The van der Waals surface area contributed by atoms with Gasteiger partial charge in [-0.1, -0.05) is 0 Å². The lowest BCUT2D eigenvalue weighted by Crippen LogP contribution is -2.48. The quantitative estimate of drug-likeness (QED) is 0.715. The molecule has 0 aliphatic carbocycles. The number of aromatic nitrogens is 2. The van der Waals surface area contributed by atoms with Gasteiger partial charge in [-0.25, -0.2) is 4.79 Å². The highest BCUT2D eigenvalue weighted by Gasteiger charge is 2.32. The number of nitrogen functional groups attached to an aromatic ring is 1. The number of nitrogens with two attached hydrogens (primary N) is 1. The lowest BCUT2D eigenvalue weighted by Gasteiger charge is -2.35. The highest BCUT2D eigenvalue weighted by Crippen LogP contribution is 2.23. The van der Waals surface area contributed by atoms with E-state index in [4.69, 9.17) is 10.5 Å². The van der Waals surface area contributed by atoms with Crippen LogP contribution in [0.1, 0.15) is 12.8 Å². The Morgan fingerprint density at radius 2 is 2.32 bits per heavy atom. The zero-order valence-corrected chi connectivity index (χ0v) is 10.7. The number of H-pyrrole nitrogens is 1. The van der Waals surface area contributed by atoms with E-state index in [-0.39, 0.29) is 11.9 Å². The second kappa shape index (κ2) is 4.82. The van der Waals surface area contributed by atoms with Crippen LogP contribution in [0.25, 0.3) is 0 Å². The molecule has 3 N–H and O–H groups in total. The van der Waals surface area contributed by atoms with Crippen molar-refractivity contribution < 1.29 is 4.74 Å². The molecule has 2 fully saturated rings. The molecule has 1 aromatic heterocycles. The first kappa shape index (κ1) is 12.4. The number of ether oxygens (including phenoxy) is 1. The molecule has 0 saturated carbocycles. The molecule has 7 heteroatoms. The van der Waals surface area contributed by atoms with Crippen molar-refractivity contribution in [3.8, 4) is 0 Å². The van der Waals surface area contributed by atoms with Gasteiger partial charge in [0.2, 0.25) is 0 Å². The van der Waals surface area contributed by atoms with Crippen LogP contribution in [0.2, 0.25) is 0 Å². The van der Waals surface area contributed by atoms with Gasteiger partial charge in [-0.05, 0) is 19.4 Å². The topological polar surface area (TPSA) is 93.3 Å². The third-order valence-electron chi connectivity index (χ3n) is 3.91. The molecular formula is C12H18N4O3. The maximum atomic E-state index is 11.7. The number of anilines is 1. The summed E-state index contributed by atoms with van der Waals surface area (Å²) in [6.45, 7) is 3.00. The summed E-state index contributed by atoms with van der Waals surface area (Å²) in [5.74, 6) is 0.181. The zero-order chi connectivity index (χ0) is 13.4. The van der Waals surface area contributed by atoms with E-state index >= 15 is 0 Å². The molecule has 0 radical (unpaired) electrons. The summed E-state index contributed by atoms with van der Waals surface area (Å²) < 4.78 is 7.15. The Bertz CT molecular complexity index is 579. The molecule has 7 nitrogen and oxygen atoms in total. The molecule has 2 unspecified atom stereocenters. The molecule has 1 aromatic rings. The SMILES string of the molecule is Nc1cc(=O)[nH]c(=O)n1CC1CN2CCCC2CO1. The van der Waals surface area contributed by atoms with Crippen LogP contribution in [0.15, 0.2) is 15.7 Å². The first-order valence-electron chi connectivity index (χ1n) is 6.59. The largest absolute Gasteiger partial charge is 0.385 e. The van der Waals surface area contributed by atoms with Crippen molar-refractivity contribution >= 4 is 5.82 Å². The molecule has 0 aromatic carbocycles. The third-order valence-corrected chi connectivity index (χ3v) is 3.91. The van der Waals surface area contributed by atoms with E-state index in [2.05, 4.69) is 9.88 Å². The van der Waals surface area contributed by atoms with Crippen molar-refractivity contribution in [2.24, 2.45) is 0 Å². The summed E-state index contributed by atoms with van der Waals surface area (Å²) >= 11 is 0. The van der Waals surface area contributed by atoms with Crippen molar-refractivity contribution in [2.45, 2.75) is 31.5 Å². The van der Waals surface area contributed by atoms with E-state index in [0.717, 1.165) is 13.1 Å². The number of hydrogen-bond donors (Lipinski definition) is 2. The molecule has 2 saturated heterocycles. The van der Waals surface area contributed by atoms with E-state index in [1.807, 2.05) is 0 Å². The molecule has 2 atom stereocenters. The number of nitrogens with zero attached hydrogens (tertiary/aromatic N) is 2. The summed E-state index contributed by atoms with van der Waals surface area (Å²) in [4.78, 5) is 27.5. The molecular weight excluding hydrogens is 248 g/mol. The Morgan fingerprint density at radius 3 is 3.11 bits per heavy atom. The average molecular weight is 266 g/mol. The molecule has 3 heterocycles. The van der Waals surface area contributed by atoms with Gasteiger partial charge in [0, 0.05) is 18.7 Å². The Balaban J connectivity index is 1.75. The standard InChI is InChI=1S/C12H18N4O3/c13-10-4-11(17)14-12(18)16(10)6-9-5-15-3-1-2-8(15)7-19-9/h4,8-9H,1-3,5-7,13H2,(H,14,17,18). The predicted molar refractivity (Wildman–Crippen MR) is 70.1 cm³/mol. The van der Waals surface area contributed by atoms with E-state index in [1.165, 1.54) is 23.5 Å². The van der Waals surface area contributed by atoms with Gasteiger partial charge in [-0.15, -0.1) is 0 Å². The van der Waals surface area contributed by atoms with E-state index in [1.54, 1.807) is 0 Å². The summed E-state index contributed by atoms with van der Waals surface area (Å²) in [7, 11) is 0. The fourth-order valence-corrected chi connectivity index (χ4v) is 2.93. The second-order valence-electron chi connectivity index (χ2n) is 5.22.